The minimum atomic E-state index is -0.307. The molecule has 0 atom stereocenters. The molecule has 0 heterocycles. The molecule has 90 valence electrons. The van der Waals surface area contributed by atoms with Gasteiger partial charge in [-0.3, -0.25) is 0 Å². The number of anilines is 1. The van der Waals surface area contributed by atoms with Gasteiger partial charge in [0, 0.05) is 18.1 Å². The third-order valence-electron chi connectivity index (χ3n) is 2.60. The van der Waals surface area contributed by atoms with Crippen molar-refractivity contribution in [3.8, 4) is 0 Å². The largest absolute Gasteiger partial charge is 0.465 e. The van der Waals surface area contributed by atoms with Crippen molar-refractivity contribution < 1.29 is 9.53 Å². The maximum Gasteiger partial charge on any atom is 0.338 e. The van der Waals surface area contributed by atoms with E-state index in [4.69, 9.17) is 4.74 Å². The number of hydrogen-bond donors (Lipinski definition) is 1. The number of rotatable bonds is 2. The van der Waals surface area contributed by atoms with E-state index in [-0.39, 0.29) is 18.4 Å². The molecule has 0 spiro atoms. The van der Waals surface area contributed by atoms with Crippen molar-refractivity contribution >= 4 is 34.8 Å². The number of nitrogens with one attached hydrogen (secondary N) is 1. The Morgan fingerprint density at radius 3 is 2.35 bits per heavy atom. The van der Waals surface area contributed by atoms with Crippen molar-refractivity contribution in [1.29, 1.82) is 0 Å². The number of esters is 1. The molecule has 0 amide bonds. The van der Waals surface area contributed by atoms with Gasteiger partial charge in [0.2, 0.25) is 0 Å². The minimum Gasteiger partial charge on any atom is -0.465 e. The Kier molecular flexibility index (Phi) is 4.35. The van der Waals surface area contributed by atoms with Gasteiger partial charge in [-0.05, 0) is 17.5 Å². The van der Waals surface area contributed by atoms with Gasteiger partial charge < -0.3 is 10.1 Å². The van der Waals surface area contributed by atoms with E-state index in [1.807, 2.05) is 37.4 Å². The summed E-state index contributed by atoms with van der Waals surface area (Å²) in [7, 11) is 3.25. The highest BCUT2D eigenvalue weighted by atomic mass is 35.5. The molecule has 0 bridgehead atoms. The summed E-state index contributed by atoms with van der Waals surface area (Å²) in [5, 5.41) is 5.03. The molecule has 2 rings (SSSR count). The van der Waals surface area contributed by atoms with Crippen LogP contribution in [0.1, 0.15) is 10.4 Å². The van der Waals surface area contributed by atoms with E-state index in [0.717, 1.165) is 16.5 Å². The zero-order valence-corrected chi connectivity index (χ0v) is 10.5. The molecule has 0 aliphatic carbocycles. The van der Waals surface area contributed by atoms with Crippen LogP contribution in [0.3, 0.4) is 0 Å². The van der Waals surface area contributed by atoms with E-state index in [1.54, 1.807) is 6.07 Å². The van der Waals surface area contributed by atoms with Crippen LogP contribution >= 0.6 is 12.4 Å². The van der Waals surface area contributed by atoms with Gasteiger partial charge in [0.1, 0.15) is 0 Å². The molecule has 0 radical (unpaired) electrons. The fraction of sp³-hybridized carbons (Fsp3) is 0.154. The summed E-state index contributed by atoms with van der Waals surface area (Å²) in [5.74, 6) is -0.307. The molecular formula is C13H14ClNO2. The van der Waals surface area contributed by atoms with E-state index in [2.05, 4.69) is 5.32 Å². The number of hydrogen-bond acceptors (Lipinski definition) is 3. The molecule has 1 N–H and O–H groups in total. The van der Waals surface area contributed by atoms with Gasteiger partial charge in [0.05, 0.1) is 12.7 Å². The highest BCUT2D eigenvalue weighted by Crippen LogP contribution is 2.26. The molecule has 0 unspecified atom stereocenters. The average Bonchev–Trinajstić information content (AvgIpc) is 2.36. The first-order valence-electron chi connectivity index (χ1n) is 5.05. The predicted molar refractivity (Wildman–Crippen MR) is 72.1 cm³/mol. The van der Waals surface area contributed by atoms with Crippen molar-refractivity contribution in [3.05, 3.63) is 42.0 Å². The summed E-state index contributed by atoms with van der Waals surface area (Å²) in [6, 6.07) is 11.4. The second-order valence-electron chi connectivity index (χ2n) is 3.45. The van der Waals surface area contributed by atoms with Crippen molar-refractivity contribution in [1.82, 2.24) is 0 Å². The summed E-state index contributed by atoms with van der Waals surface area (Å²) in [6.07, 6.45) is 0. The van der Waals surface area contributed by atoms with Crippen LogP contribution in [0.15, 0.2) is 36.4 Å². The van der Waals surface area contributed by atoms with Gasteiger partial charge in [0.15, 0.2) is 0 Å². The first kappa shape index (κ1) is 13.3. The predicted octanol–water partition coefficient (Wildman–Crippen LogP) is 3.09. The molecule has 3 nitrogen and oxygen atoms in total. The maximum atomic E-state index is 11.6. The third kappa shape index (κ3) is 2.34. The quantitative estimate of drug-likeness (QED) is 0.834. The lowest BCUT2D eigenvalue weighted by atomic mass is 10.0. The van der Waals surface area contributed by atoms with Crippen LogP contribution in [-0.4, -0.2) is 20.1 Å². The zero-order valence-electron chi connectivity index (χ0n) is 9.69. The van der Waals surface area contributed by atoms with Crippen molar-refractivity contribution in [2.24, 2.45) is 0 Å². The highest BCUT2D eigenvalue weighted by molar-refractivity contribution is 6.08. The van der Waals surface area contributed by atoms with Crippen LogP contribution in [-0.2, 0) is 4.74 Å². The number of benzene rings is 2. The molecule has 0 saturated carbocycles. The highest BCUT2D eigenvalue weighted by Gasteiger charge is 2.11. The Bertz CT molecular complexity index is 540. The lowest BCUT2D eigenvalue weighted by Crippen LogP contribution is -2.03. The van der Waals surface area contributed by atoms with Gasteiger partial charge in [-0.1, -0.05) is 24.3 Å². The summed E-state index contributed by atoms with van der Waals surface area (Å²) in [6.45, 7) is 0. The summed E-state index contributed by atoms with van der Waals surface area (Å²) in [4.78, 5) is 11.6. The fourth-order valence-electron chi connectivity index (χ4n) is 1.81. The van der Waals surface area contributed by atoms with Crippen LogP contribution in [0.5, 0.6) is 0 Å². The first-order valence-corrected chi connectivity index (χ1v) is 5.05. The normalized spacial score (nSPS) is 9.53. The van der Waals surface area contributed by atoms with Gasteiger partial charge in [-0.15, -0.1) is 12.4 Å². The van der Waals surface area contributed by atoms with Crippen molar-refractivity contribution in [2.75, 3.05) is 19.5 Å². The standard InChI is InChI=1S/C13H13NO2.ClH/c1-14-12-8-7-11(13(15)16-2)9-5-3-4-6-10(9)12;/h3-8,14H,1-2H3;1H. The molecule has 0 fully saturated rings. The molecule has 17 heavy (non-hydrogen) atoms. The number of fused-ring (bicyclic) bond motifs is 1. The Labute approximate surface area is 106 Å². The number of carbonyl (C=O) groups excluding carboxylic acids is 1. The van der Waals surface area contributed by atoms with E-state index < -0.39 is 0 Å². The minimum absolute atomic E-state index is 0. The van der Waals surface area contributed by atoms with Crippen molar-refractivity contribution in [2.45, 2.75) is 0 Å². The summed E-state index contributed by atoms with van der Waals surface area (Å²) in [5.41, 5.74) is 1.60. The number of methoxy groups -OCH3 is 1. The summed E-state index contributed by atoms with van der Waals surface area (Å²) >= 11 is 0. The summed E-state index contributed by atoms with van der Waals surface area (Å²) < 4.78 is 4.76. The Morgan fingerprint density at radius 2 is 1.76 bits per heavy atom. The SMILES string of the molecule is CNc1ccc(C(=O)OC)c2ccccc12.Cl. The maximum absolute atomic E-state index is 11.6. The zero-order chi connectivity index (χ0) is 11.5. The Balaban J connectivity index is 0.00000144. The second kappa shape index (κ2) is 5.55. The average molecular weight is 252 g/mol. The smallest absolute Gasteiger partial charge is 0.338 e. The molecule has 0 aliphatic heterocycles. The van der Waals surface area contributed by atoms with E-state index in [1.165, 1.54) is 7.11 Å². The van der Waals surface area contributed by atoms with Crippen LogP contribution in [0.4, 0.5) is 5.69 Å². The van der Waals surface area contributed by atoms with Crippen LogP contribution in [0, 0.1) is 0 Å². The Morgan fingerprint density at radius 1 is 1.12 bits per heavy atom. The number of ether oxygens (including phenoxy) is 1. The number of carbonyl (C=O) groups is 1. The first-order chi connectivity index (χ1) is 7.77. The van der Waals surface area contributed by atoms with Crippen LogP contribution < -0.4 is 5.32 Å². The molecule has 2 aromatic rings. The lowest BCUT2D eigenvalue weighted by Gasteiger charge is -2.09. The molecule has 0 aliphatic rings. The van der Waals surface area contributed by atoms with E-state index >= 15 is 0 Å². The topological polar surface area (TPSA) is 38.3 Å². The molecule has 2 aromatic carbocycles. The van der Waals surface area contributed by atoms with Gasteiger partial charge in [-0.25, -0.2) is 4.79 Å². The molecular weight excluding hydrogens is 238 g/mol. The lowest BCUT2D eigenvalue weighted by molar-refractivity contribution is 0.0603. The fourth-order valence-corrected chi connectivity index (χ4v) is 1.81. The van der Waals surface area contributed by atoms with E-state index in [0.29, 0.717) is 5.56 Å². The van der Waals surface area contributed by atoms with Crippen LogP contribution in [0.2, 0.25) is 0 Å². The third-order valence-corrected chi connectivity index (χ3v) is 2.60. The van der Waals surface area contributed by atoms with Gasteiger partial charge in [0.25, 0.3) is 0 Å². The second-order valence-corrected chi connectivity index (χ2v) is 3.45. The monoisotopic (exact) mass is 251 g/mol. The number of halogens is 1. The van der Waals surface area contributed by atoms with Crippen LogP contribution in [0.25, 0.3) is 10.8 Å². The van der Waals surface area contributed by atoms with Gasteiger partial charge >= 0.3 is 5.97 Å². The van der Waals surface area contributed by atoms with Crippen molar-refractivity contribution in [3.63, 3.8) is 0 Å². The Hall–Kier alpha value is -1.74. The molecule has 4 heteroatoms. The van der Waals surface area contributed by atoms with Gasteiger partial charge in [-0.2, -0.15) is 0 Å². The molecule has 0 aromatic heterocycles. The van der Waals surface area contributed by atoms with E-state index in [9.17, 15) is 4.79 Å². The molecule has 0 saturated heterocycles.